The first-order valence-corrected chi connectivity index (χ1v) is 7.05. The maximum absolute atomic E-state index is 5.78. The summed E-state index contributed by atoms with van der Waals surface area (Å²) in [6.45, 7) is 7.57. The van der Waals surface area contributed by atoms with Crippen LogP contribution in [0.1, 0.15) is 32.1 Å². The average molecular weight is 289 g/mol. The summed E-state index contributed by atoms with van der Waals surface area (Å²) in [6.07, 6.45) is 1.70. The zero-order chi connectivity index (χ0) is 15.3. The van der Waals surface area contributed by atoms with E-state index in [4.69, 9.17) is 13.9 Å². The van der Waals surface area contributed by atoms with Gasteiger partial charge >= 0.3 is 0 Å². The van der Waals surface area contributed by atoms with E-state index in [9.17, 15) is 0 Å². The van der Waals surface area contributed by atoms with Gasteiger partial charge in [0, 0.05) is 11.1 Å². The van der Waals surface area contributed by atoms with Crippen LogP contribution in [0.25, 0.3) is 0 Å². The first-order valence-electron chi connectivity index (χ1n) is 7.05. The molecule has 1 aromatic carbocycles. The first kappa shape index (κ1) is 15.4. The highest BCUT2D eigenvalue weighted by molar-refractivity contribution is 5.31. The molecule has 0 amide bonds. The molecule has 2 rings (SSSR count). The Morgan fingerprint density at radius 3 is 2.33 bits per heavy atom. The lowest BCUT2D eigenvalue weighted by molar-refractivity contribution is 0.298. The van der Waals surface area contributed by atoms with Crippen LogP contribution in [0.3, 0.4) is 0 Å². The lowest BCUT2D eigenvalue weighted by Crippen LogP contribution is -2.35. The van der Waals surface area contributed by atoms with E-state index < -0.39 is 0 Å². The molecule has 114 valence electrons. The number of rotatable bonds is 6. The zero-order valence-corrected chi connectivity index (χ0v) is 13.1. The molecule has 0 aliphatic carbocycles. The van der Waals surface area contributed by atoms with Crippen molar-refractivity contribution >= 4 is 0 Å². The monoisotopic (exact) mass is 289 g/mol. The number of hydrogen-bond acceptors (Lipinski definition) is 4. The number of furan rings is 1. The molecule has 1 N–H and O–H groups in total. The molecule has 4 heteroatoms. The lowest BCUT2D eigenvalue weighted by atomic mass is 10.1. The number of ether oxygens (including phenoxy) is 2. The van der Waals surface area contributed by atoms with Crippen LogP contribution in [0.2, 0.25) is 0 Å². The Kier molecular flexibility index (Phi) is 4.91. The minimum atomic E-state index is 0.0564. The summed E-state index contributed by atoms with van der Waals surface area (Å²) in [7, 11) is 1.65. The zero-order valence-electron chi connectivity index (χ0n) is 13.1. The normalized spacial score (nSPS) is 11.4. The fourth-order valence-corrected chi connectivity index (χ4v) is 1.83. The van der Waals surface area contributed by atoms with Crippen LogP contribution in [0, 0.1) is 0 Å². The summed E-state index contributed by atoms with van der Waals surface area (Å²) in [5.41, 5.74) is 1.11. The fourth-order valence-electron chi connectivity index (χ4n) is 1.83. The van der Waals surface area contributed by atoms with E-state index in [-0.39, 0.29) is 5.54 Å². The maximum atomic E-state index is 5.78. The van der Waals surface area contributed by atoms with E-state index in [0.29, 0.717) is 13.2 Å². The van der Waals surface area contributed by atoms with Gasteiger partial charge in [-0.1, -0.05) is 0 Å². The lowest BCUT2D eigenvalue weighted by Gasteiger charge is -2.20. The summed E-state index contributed by atoms with van der Waals surface area (Å²) in [6, 6.07) is 9.50. The van der Waals surface area contributed by atoms with Gasteiger partial charge in [0.2, 0.25) is 0 Å². The van der Waals surface area contributed by atoms with Crippen LogP contribution in [-0.2, 0) is 13.2 Å². The molecule has 1 heterocycles. The van der Waals surface area contributed by atoms with E-state index in [2.05, 4.69) is 26.1 Å². The first-order chi connectivity index (χ1) is 9.98. The third-order valence-corrected chi connectivity index (χ3v) is 3.07. The predicted molar refractivity (Wildman–Crippen MR) is 82.6 cm³/mol. The van der Waals surface area contributed by atoms with Crippen LogP contribution in [0.5, 0.6) is 11.5 Å². The smallest absolute Gasteiger partial charge is 0.124 e. The SMILES string of the molecule is COc1ccc(OCc2ccoc2CNC(C)(C)C)cc1. The largest absolute Gasteiger partial charge is 0.497 e. The Morgan fingerprint density at radius 1 is 1.05 bits per heavy atom. The minimum absolute atomic E-state index is 0.0564. The minimum Gasteiger partial charge on any atom is -0.497 e. The van der Waals surface area contributed by atoms with E-state index >= 15 is 0 Å². The van der Waals surface area contributed by atoms with Gasteiger partial charge in [-0.25, -0.2) is 0 Å². The Bertz CT molecular complexity index is 552. The molecular formula is C17H23NO3. The third-order valence-electron chi connectivity index (χ3n) is 3.07. The van der Waals surface area contributed by atoms with E-state index in [1.165, 1.54) is 0 Å². The van der Waals surface area contributed by atoms with Crippen molar-refractivity contribution in [3.63, 3.8) is 0 Å². The fraction of sp³-hybridized carbons (Fsp3) is 0.412. The number of hydrogen-bond donors (Lipinski definition) is 1. The molecule has 0 atom stereocenters. The van der Waals surface area contributed by atoms with Gasteiger partial charge in [0.15, 0.2) is 0 Å². The Hall–Kier alpha value is -1.94. The van der Waals surface area contributed by atoms with Crippen molar-refractivity contribution in [3.05, 3.63) is 47.9 Å². The van der Waals surface area contributed by atoms with Crippen molar-refractivity contribution in [2.24, 2.45) is 0 Å². The summed E-state index contributed by atoms with van der Waals surface area (Å²) in [5, 5.41) is 3.41. The van der Waals surface area contributed by atoms with Crippen molar-refractivity contribution in [1.29, 1.82) is 0 Å². The van der Waals surface area contributed by atoms with Crippen LogP contribution in [-0.4, -0.2) is 12.6 Å². The van der Waals surface area contributed by atoms with Gasteiger partial charge in [-0.2, -0.15) is 0 Å². The van der Waals surface area contributed by atoms with Gasteiger partial charge in [0.25, 0.3) is 0 Å². The molecule has 4 nitrogen and oxygen atoms in total. The highest BCUT2D eigenvalue weighted by Gasteiger charge is 2.12. The van der Waals surface area contributed by atoms with Crippen molar-refractivity contribution in [2.75, 3.05) is 7.11 Å². The molecule has 0 bridgehead atoms. The summed E-state index contributed by atoms with van der Waals surface area (Å²) in [4.78, 5) is 0. The number of methoxy groups -OCH3 is 1. The van der Waals surface area contributed by atoms with Crippen molar-refractivity contribution in [2.45, 2.75) is 39.5 Å². The maximum Gasteiger partial charge on any atom is 0.124 e. The van der Waals surface area contributed by atoms with Crippen molar-refractivity contribution in [3.8, 4) is 11.5 Å². The van der Waals surface area contributed by atoms with Crippen LogP contribution < -0.4 is 14.8 Å². The predicted octanol–water partition coefficient (Wildman–Crippen LogP) is 3.76. The van der Waals surface area contributed by atoms with Gasteiger partial charge in [0.1, 0.15) is 23.9 Å². The highest BCUT2D eigenvalue weighted by Crippen LogP contribution is 2.20. The second-order valence-corrected chi connectivity index (χ2v) is 5.94. The molecule has 0 saturated carbocycles. The number of benzene rings is 1. The summed E-state index contributed by atoms with van der Waals surface area (Å²) in [5.74, 6) is 2.55. The van der Waals surface area contributed by atoms with Gasteiger partial charge in [-0.05, 0) is 51.1 Å². The molecule has 2 aromatic rings. The molecule has 0 saturated heterocycles. The Morgan fingerprint density at radius 2 is 1.71 bits per heavy atom. The molecule has 0 spiro atoms. The average Bonchev–Trinajstić information content (AvgIpc) is 2.90. The molecule has 0 fully saturated rings. The van der Waals surface area contributed by atoms with Crippen molar-refractivity contribution < 1.29 is 13.9 Å². The second kappa shape index (κ2) is 6.68. The van der Waals surface area contributed by atoms with E-state index in [1.54, 1.807) is 13.4 Å². The summed E-state index contributed by atoms with van der Waals surface area (Å²) >= 11 is 0. The van der Waals surface area contributed by atoms with Crippen LogP contribution >= 0.6 is 0 Å². The number of nitrogens with one attached hydrogen (secondary N) is 1. The highest BCUT2D eigenvalue weighted by atomic mass is 16.5. The molecule has 0 unspecified atom stereocenters. The van der Waals surface area contributed by atoms with Gasteiger partial charge in [-0.15, -0.1) is 0 Å². The Labute approximate surface area is 126 Å². The molecular weight excluding hydrogens is 266 g/mol. The van der Waals surface area contributed by atoms with Crippen LogP contribution in [0.4, 0.5) is 0 Å². The van der Waals surface area contributed by atoms with E-state index in [0.717, 1.165) is 22.8 Å². The topological polar surface area (TPSA) is 43.6 Å². The molecule has 21 heavy (non-hydrogen) atoms. The quantitative estimate of drug-likeness (QED) is 0.879. The third kappa shape index (κ3) is 4.83. The van der Waals surface area contributed by atoms with Gasteiger partial charge < -0.3 is 19.2 Å². The standard InChI is InChI=1S/C17H23NO3/c1-17(2,3)18-11-16-13(9-10-20-16)12-21-15-7-5-14(19-4)6-8-15/h5-10,18H,11-12H2,1-4H3. The second-order valence-electron chi connectivity index (χ2n) is 5.94. The summed E-state index contributed by atoms with van der Waals surface area (Å²) < 4.78 is 16.4. The molecule has 1 aromatic heterocycles. The van der Waals surface area contributed by atoms with Crippen molar-refractivity contribution in [1.82, 2.24) is 5.32 Å². The Balaban J connectivity index is 1.92. The molecule has 0 aliphatic heterocycles. The molecule has 0 radical (unpaired) electrons. The van der Waals surface area contributed by atoms with Gasteiger partial charge in [-0.3, -0.25) is 0 Å². The van der Waals surface area contributed by atoms with Gasteiger partial charge in [0.05, 0.1) is 19.9 Å². The van der Waals surface area contributed by atoms with Crippen LogP contribution in [0.15, 0.2) is 41.0 Å². The van der Waals surface area contributed by atoms with E-state index in [1.807, 2.05) is 30.3 Å². The molecule has 0 aliphatic rings.